The van der Waals surface area contributed by atoms with Crippen molar-refractivity contribution in [1.29, 1.82) is 0 Å². The molecule has 0 radical (unpaired) electrons. The van der Waals surface area contributed by atoms with Crippen LogP contribution < -0.4 is 11.1 Å². The monoisotopic (exact) mass is 329 g/mol. The summed E-state index contributed by atoms with van der Waals surface area (Å²) in [6.07, 6.45) is 0.858. The number of nitrogens with one attached hydrogen (secondary N) is 1. The summed E-state index contributed by atoms with van der Waals surface area (Å²) < 4.78 is 0. The number of carbonyl (C=O) groups excluding carboxylic acids is 2. The molecule has 2 amide bonds. The smallest absolute Gasteiger partial charge is 0.261 e. The van der Waals surface area contributed by atoms with Gasteiger partial charge in [0.05, 0.1) is 0 Å². The van der Waals surface area contributed by atoms with Crippen LogP contribution in [0.5, 0.6) is 0 Å². The van der Waals surface area contributed by atoms with E-state index in [1.807, 2.05) is 18.2 Å². The Labute approximate surface area is 140 Å². The molecule has 0 aromatic heterocycles. The van der Waals surface area contributed by atoms with Crippen molar-refractivity contribution in [2.24, 2.45) is 5.73 Å². The van der Waals surface area contributed by atoms with Gasteiger partial charge in [0.1, 0.15) is 0 Å². The summed E-state index contributed by atoms with van der Waals surface area (Å²) in [4.78, 5) is 26.5. The maximum atomic E-state index is 12.6. The second-order valence-electron chi connectivity index (χ2n) is 5.44. The third-order valence-electron chi connectivity index (χ3n) is 4.01. The number of hydrogen-bond donors (Lipinski definition) is 3. The fourth-order valence-electron chi connectivity index (χ4n) is 2.93. The molecule has 0 bridgehead atoms. The van der Waals surface area contributed by atoms with E-state index in [9.17, 15) is 9.59 Å². The number of anilines is 1. The summed E-state index contributed by atoms with van der Waals surface area (Å²) in [6.45, 7) is 1.68. The number of benzene rings is 2. The Morgan fingerprint density at radius 2 is 1.83 bits per heavy atom. The summed E-state index contributed by atoms with van der Waals surface area (Å²) in [5, 5.41) is 4.95. The average molecular weight is 329 g/mol. The van der Waals surface area contributed by atoms with Crippen molar-refractivity contribution in [3.8, 4) is 0 Å². The van der Waals surface area contributed by atoms with E-state index in [0.717, 1.165) is 29.4 Å². The van der Waals surface area contributed by atoms with E-state index in [2.05, 4.69) is 17.9 Å². The minimum Gasteiger partial charge on any atom is -0.384 e. The van der Waals surface area contributed by atoms with Crippen LogP contribution in [0.1, 0.15) is 27.1 Å². The van der Waals surface area contributed by atoms with E-state index >= 15 is 0 Å². The number of imide groups is 1. The first-order valence-electron chi connectivity index (χ1n) is 7.65. The largest absolute Gasteiger partial charge is 0.384 e. The van der Waals surface area contributed by atoms with Crippen molar-refractivity contribution in [1.82, 2.24) is 4.90 Å². The van der Waals surface area contributed by atoms with Gasteiger partial charge in [0.2, 0.25) is 0 Å². The summed E-state index contributed by atoms with van der Waals surface area (Å²) in [5.41, 5.74) is 7.58. The summed E-state index contributed by atoms with van der Waals surface area (Å²) >= 11 is 4.14. The third-order valence-corrected chi connectivity index (χ3v) is 4.21. The first-order valence-corrected chi connectivity index (χ1v) is 8.29. The molecule has 120 valence electrons. The molecule has 0 atom stereocenters. The lowest BCUT2D eigenvalue weighted by molar-refractivity contribution is 0.0621. The Balaban J connectivity index is 2.12. The highest BCUT2D eigenvalue weighted by atomic mass is 32.1. The molecule has 2 aromatic carbocycles. The van der Waals surface area contributed by atoms with Crippen LogP contribution in [-0.2, 0) is 0 Å². The number of thiol groups is 1. The molecular formula is C17H19N3O2S. The van der Waals surface area contributed by atoms with Gasteiger partial charge in [-0.3, -0.25) is 14.5 Å². The Hall–Kier alpha value is -2.05. The van der Waals surface area contributed by atoms with Gasteiger partial charge in [-0.15, -0.1) is 0 Å². The van der Waals surface area contributed by atoms with Gasteiger partial charge in [0.25, 0.3) is 11.8 Å². The molecule has 0 saturated heterocycles. The van der Waals surface area contributed by atoms with Crippen LogP contribution >= 0.6 is 12.6 Å². The summed E-state index contributed by atoms with van der Waals surface area (Å²) in [5.74, 6) is -0.0517. The molecule has 0 saturated carbocycles. The third kappa shape index (κ3) is 2.68. The highest BCUT2D eigenvalue weighted by Crippen LogP contribution is 2.34. The van der Waals surface area contributed by atoms with E-state index in [-0.39, 0.29) is 11.8 Å². The van der Waals surface area contributed by atoms with Gasteiger partial charge in [0, 0.05) is 46.4 Å². The first kappa shape index (κ1) is 15.8. The molecule has 1 heterocycles. The fourth-order valence-corrected chi connectivity index (χ4v) is 3.13. The average Bonchev–Trinajstić information content (AvgIpc) is 2.57. The highest BCUT2D eigenvalue weighted by molar-refractivity contribution is 7.80. The molecule has 23 heavy (non-hydrogen) atoms. The van der Waals surface area contributed by atoms with Gasteiger partial charge < -0.3 is 11.1 Å². The van der Waals surface area contributed by atoms with Crippen LogP contribution in [0, 0.1) is 0 Å². The van der Waals surface area contributed by atoms with Crippen molar-refractivity contribution < 1.29 is 9.59 Å². The van der Waals surface area contributed by atoms with Gasteiger partial charge >= 0.3 is 0 Å². The van der Waals surface area contributed by atoms with Gasteiger partial charge in [-0.05, 0) is 31.2 Å². The van der Waals surface area contributed by atoms with E-state index in [1.165, 1.54) is 4.90 Å². The van der Waals surface area contributed by atoms with Crippen LogP contribution in [0.15, 0.2) is 30.3 Å². The normalized spacial score (nSPS) is 13.7. The molecule has 0 aliphatic carbocycles. The van der Waals surface area contributed by atoms with Crippen LogP contribution in [-0.4, -0.2) is 42.1 Å². The first-order chi connectivity index (χ1) is 11.2. The number of amides is 2. The number of nitrogens with zero attached hydrogens (tertiary/aromatic N) is 1. The quantitative estimate of drug-likeness (QED) is 0.431. The molecule has 2 aromatic rings. The molecule has 0 unspecified atom stereocenters. The Morgan fingerprint density at radius 1 is 1.09 bits per heavy atom. The minimum atomic E-state index is -0.249. The molecule has 1 aliphatic rings. The van der Waals surface area contributed by atoms with Crippen LogP contribution in [0.4, 0.5) is 5.69 Å². The maximum Gasteiger partial charge on any atom is 0.261 e. The molecule has 6 heteroatoms. The molecule has 1 aliphatic heterocycles. The van der Waals surface area contributed by atoms with E-state index < -0.39 is 0 Å². The lowest BCUT2D eigenvalue weighted by Gasteiger charge is -2.27. The standard InChI is InChI=1S/C17H19N3O2S/c18-7-2-8-19-14-6-5-13-15-11(14)3-1-4-12(15)16(21)20(9-10-23)17(13)22/h1,3-6,19,23H,2,7-10,18H2. The zero-order chi connectivity index (χ0) is 16.4. The lowest BCUT2D eigenvalue weighted by Crippen LogP contribution is -2.41. The predicted octanol–water partition coefficient (Wildman–Crippen LogP) is 2.13. The zero-order valence-electron chi connectivity index (χ0n) is 12.7. The van der Waals surface area contributed by atoms with E-state index in [0.29, 0.717) is 30.0 Å². The highest BCUT2D eigenvalue weighted by Gasteiger charge is 2.32. The predicted molar refractivity (Wildman–Crippen MR) is 95.3 cm³/mol. The summed E-state index contributed by atoms with van der Waals surface area (Å²) in [7, 11) is 0. The second kappa shape index (κ2) is 6.60. The molecule has 0 fully saturated rings. The van der Waals surface area contributed by atoms with Crippen molar-refractivity contribution in [2.45, 2.75) is 6.42 Å². The van der Waals surface area contributed by atoms with Crippen molar-refractivity contribution >= 4 is 40.9 Å². The van der Waals surface area contributed by atoms with Crippen LogP contribution in [0.25, 0.3) is 10.8 Å². The van der Waals surface area contributed by atoms with Crippen molar-refractivity contribution in [2.75, 3.05) is 30.7 Å². The topological polar surface area (TPSA) is 75.4 Å². The Bertz CT molecular complexity index is 754. The Kier molecular flexibility index (Phi) is 4.54. The number of rotatable bonds is 6. The fraction of sp³-hybridized carbons (Fsp3) is 0.294. The van der Waals surface area contributed by atoms with Gasteiger partial charge in [-0.25, -0.2) is 0 Å². The van der Waals surface area contributed by atoms with Gasteiger partial charge in [-0.1, -0.05) is 12.1 Å². The molecule has 5 nitrogen and oxygen atoms in total. The minimum absolute atomic E-state index is 0.249. The maximum absolute atomic E-state index is 12.6. The Morgan fingerprint density at radius 3 is 2.52 bits per heavy atom. The molecule has 0 spiro atoms. The van der Waals surface area contributed by atoms with Gasteiger partial charge in [-0.2, -0.15) is 12.6 Å². The molecular weight excluding hydrogens is 310 g/mol. The molecule has 3 N–H and O–H groups in total. The number of hydrogen-bond acceptors (Lipinski definition) is 5. The van der Waals surface area contributed by atoms with Gasteiger partial charge in [0.15, 0.2) is 0 Å². The van der Waals surface area contributed by atoms with E-state index in [4.69, 9.17) is 5.73 Å². The SMILES string of the molecule is NCCCNc1ccc2c3c(cccc13)C(=O)N(CCS)C2=O. The van der Waals surface area contributed by atoms with Crippen LogP contribution in [0.2, 0.25) is 0 Å². The van der Waals surface area contributed by atoms with Crippen molar-refractivity contribution in [3.05, 3.63) is 41.5 Å². The number of carbonyl (C=O) groups is 2. The van der Waals surface area contributed by atoms with E-state index in [1.54, 1.807) is 12.1 Å². The lowest BCUT2D eigenvalue weighted by atomic mass is 9.93. The molecule has 3 rings (SSSR count). The number of nitrogens with two attached hydrogens (primary N) is 1. The second-order valence-corrected chi connectivity index (χ2v) is 5.89. The van der Waals surface area contributed by atoms with Crippen molar-refractivity contribution in [3.63, 3.8) is 0 Å². The zero-order valence-corrected chi connectivity index (χ0v) is 13.6. The van der Waals surface area contributed by atoms with Crippen LogP contribution in [0.3, 0.4) is 0 Å². The summed E-state index contributed by atoms with van der Waals surface area (Å²) in [6, 6.07) is 9.24.